The molecule has 124 valence electrons. The van der Waals surface area contributed by atoms with Crippen LogP contribution < -0.4 is 5.32 Å². The summed E-state index contributed by atoms with van der Waals surface area (Å²) < 4.78 is 47.2. The fraction of sp³-hybridized carbons (Fsp3) is 0.286. The zero-order valence-electron chi connectivity index (χ0n) is 11.8. The van der Waals surface area contributed by atoms with E-state index in [1.165, 1.54) is 30.9 Å². The molecular weight excluding hydrogens is 317 g/mol. The van der Waals surface area contributed by atoms with Gasteiger partial charge < -0.3 is 19.1 Å². The molecule has 6 nitrogen and oxygen atoms in total. The van der Waals surface area contributed by atoms with E-state index in [4.69, 9.17) is 8.83 Å². The number of furan rings is 2. The van der Waals surface area contributed by atoms with Crippen LogP contribution in [0.2, 0.25) is 0 Å². The summed E-state index contributed by atoms with van der Waals surface area (Å²) in [4.78, 5) is 24.3. The second kappa shape index (κ2) is 7.03. The molecular formula is C14H13F3N2O4. The van der Waals surface area contributed by atoms with Gasteiger partial charge in [-0.15, -0.1) is 0 Å². The Morgan fingerprint density at radius 3 is 2.22 bits per heavy atom. The minimum absolute atomic E-state index is 0.00964. The number of alkyl halides is 3. The molecule has 0 radical (unpaired) electrons. The normalized spacial score (nSPS) is 11.3. The summed E-state index contributed by atoms with van der Waals surface area (Å²) in [6, 6.07) is 2.69. The van der Waals surface area contributed by atoms with Crippen LogP contribution in [-0.4, -0.2) is 42.5 Å². The van der Waals surface area contributed by atoms with Crippen molar-refractivity contribution in [2.24, 2.45) is 0 Å². The summed E-state index contributed by atoms with van der Waals surface area (Å²) in [6.07, 6.45) is 0.218. The molecule has 9 heteroatoms. The van der Waals surface area contributed by atoms with Crippen LogP contribution in [0.5, 0.6) is 0 Å². The lowest BCUT2D eigenvalue weighted by Gasteiger charge is -2.23. The molecule has 2 amide bonds. The number of nitrogens with zero attached hydrogens (tertiary/aromatic N) is 1. The molecule has 0 aromatic carbocycles. The SMILES string of the molecule is O=C(NCCN(CC(F)(F)F)C(=O)c1ccoc1)c1ccoc1. The highest BCUT2D eigenvalue weighted by molar-refractivity contribution is 5.94. The number of carbonyl (C=O) groups is 2. The van der Waals surface area contributed by atoms with E-state index in [-0.39, 0.29) is 24.2 Å². The number of amides is 2. The molecule has 2 aromatic rings. The number of hydrogen-bond donors (Lipinski definition) is 1. The van der Waals surface area contributed by atoms with E-state index in [0.29, 0.717) is 4.90 Å². The monoisotopic (exact) mass is 330 g/mol. The van der Waals surface area contributed by atoms with Gasteiger partial charge in [-0.2, -0.15) is 13.2 Å². The van der Waals surface area contributed by atoms with Crippen molar-refractivity contribution >= 4 is 11.8 Å². The Kier molecular flexibility index (Phi) is 5.09. The third-order valence-electron chi connectivity index (χ3n) is 2.88. The summed E-state index contributed by atoms with van der Waals surface area (Å²) in [5.41, 5.74) is 0.254. The maximum Gasteiger partial charge on any atom is 0.406 e. The second-order valence-electron chi connectivity index (χ2n) is 4.62. The Balaban J connectivity index is 1.95. The van der Waals surface area contributed by atoms with Crippen LogP contribution in [0, 0.1) is 0 Å². The molecule has 0 spiro atoms. The molecule has 0 aliphatic rings. The van der Waals surface area contributed by atoms with Crippen LogP contribution in [-0.2, 0) is 0 Å². The van der Waals surface area contributed by atoms with E-state index in [9.17, 15) is 22.8 Å². The number of nitrogens with one attached hydrogen (secondary N) is 1. The van der Waals surface area contributed by atoms with Gasteiger partial charge >= 0.3 is 6.18 Å². The topological polar surface area (TPSA) is 75.7 Å². The summed E-state index contributed by atoms with van der Waals surface area (Å²) in [5.74, 6) is -1.32. The molecule has 0 saturated carbocycles. The predicted octanol–water partition coefficient (Wildman–Crippen LogP) is 2.31. The molecule has 2 rings (SSSR count). The second-order valence-corrected chi connectivity index (χ2v) is 4.62. The Hall–Kier alpha value is -2.71. The van der Waals surface area contributed by atoms with E-state index in [1.807, 2.05) is 0 Å². The van der Waals surface area contributed by atoms with Crippen molar-refractivity contribution in [2.75, 3.05) is 19.6 Å². The van der Waals surface area contributed by atoms with Gasteiger partial charge in [-0.1, -0.05) is 0 Å². The van der Waals surface area contributed by atoms with E-state index < -0.39 is 24.5 Å². The zero-order valence-corrected chi connectivity index (χ0v) is 11.8. The first-order valence-corrected chi connectivity index (χ1v) is 6.55. The van der Waals surface area contributed by atoms with Crippen LogP contribution in [0.3, 0.4) is 0 Å². The lowest BCUT2D eigenvalue weighted by molar-refractivity contribution is -0.140. The van der Waals surface area contributed by atoms with Gasteiger partial charge in [0, 0.05) is 13.1 Å². The van der Waals surface area contributed by atoms with Gasteiger partial charge in [0.05, 0.1) is 23.7 Å². The van der Waals surface area contributed by atoms with Crippen LogP contribution in [0.1, 0.15) is 20.7 Å². The van der Waals surface area contributed by atoms with Crippen LogP contribution in [0.4, 0.5) is 13.2 Å². The standard InChI is InChI=1S/C14H13F3N2O4/c15-14(16,17)9-19(13(21)11-2-6-23-8-11)4-3-18-12(20)10-1-5-22-7-10/h1-2,5-8H,3-4,9H2,(H,18,20). The molecule has 2 aromatic heterocycles. The van der Waals surface area contributed by atoms with E-state index in [0.717, 1.165) is 6.26 Å². The molecule has 0 unspecified atom stereocenters. The first kappa shape index (κ1) is 16.7. The first-order chi connectivity index (χ1) is 10.9. The fourth-order valence-electron chi connectivity index (χ4n) is 1.84. The average Bonchev–Trinajstić information content (AvgIpc) is 3.16. The third-order valence-corrected chi connectivity index (χ3v) is 2.88. The van der Waals surface area contributed by atoms with E-state index in [2.05, 4.69) is 5.32 Å². The van der Waals surface area contributed by atoms with E-state index in [1.54, 1.807) is 0 Å². The lowest BCUT2D eigenvalue weighted by atomic mass is 10.2. The molecule has 0 aliphatic carbocycles. The fourth-order valence-corrected chi connectivity index (χ4v) is 1.84. The van der Waals surface area contributed by atoms with E-state index >= 15 is 0 Å². The predicted molar refractivity (Wildman–Crippen MR) is 71.7 cm³/mol. The molecule has 23 heavy (non-hydrogen) atoms. The molecule has 0 atom stereocenters. The van der Waals surface area contributed by atoms with Crippen molar-refractivity contribution < 1.29 is 31.6 Å². The van der Waals surface area contributed by atoms with Crippen LogP contribution >= 0.6 is 0 Å². The summed E-state index contributed by atoms with van der Waals surface area (Å²) >= 11 is 0. The molecule has 0 saturated heterocycles. The highest BCUT2D eigenvalue weighted by Gasteiger charge is 2.33. The van der Waals surface area contributed by atoms with Gasteiger partial charge in [0.1, 0.15) is 19.1 Å². The maximum atomic E-state index is 12.6. The summed E-state index contributed by atoms with van der Waals surface area (Å²) in [6.45, 7) is -1.85. The van der Waals surface area contributed by atoms with Crippen LogP contribution in [0.25, 0.3) is 0 Å². The van der Waals surface area contributed by atoms with Crippen molar-refractivity contribution in [3.05, 3.63) is 48.3 Å². The molecule has 1 N–H and O–H groups in total. The smallest absolute Gasteiger partial charge is 0.406 e. The third kappa shape index (κ3) is 4.90. The highest BCUT2D eigenvalue weighted by Crippen LogP contribution is 2.18. The van der Waals surface area contributed by atoms with Crippen molar-refractivity contribution in [1.82, 2.24) is 10.2 Å². The number of carbonyl (C=O) groups excluding carboxylic acids is 2. The molecule has 2 heterocycles. The number of rotatable bonds is 6. The minimum Gasteiger partial charge on any atom is -0.472 e. The summed E-state index contributed by atoms with van der Waals surface area (Å²) in [7, 11) is 0. The van der Waals surface area contributed by atoms with Gasteiger partial charge in [-0.05, 0) is 12.1 Å². The Bertz CT molecular complexity index is 636. The Morgan fingerprint density at radius 2 is 1.70 bits per heavy atom. The van der Waals surface area contributed by atoms with Crippen molar-refractivity contribution in [3.63, 3.8) is 0 Å². The van der Waals surface area contributed by atoms with Gasteiger partial charge in [0.15, 0.2) is 0 Å². The van der Waals surface area contributed by atoms with Gasteiger partial charge in [-0.3, -0.25) is 9.59 Å². The minimum atomic E-state index is -4.55. The lowest BCUT2D eigenvalue weighted by Crippen LogP contribution is -2.43. The quantitative estimate of drug-likeness (QED) is 0.882. The van der Waals surface area contributed by atoms with Crippen molar-refractivity contribution in [3.8, 4) is 0 Å². The zero-order chi connectivity index (χ0) is 16.9. The molecule has 0 aliphatic heterocycles. The largest absolute Gasteiger partial charge is 0.472 e. The summed E-state index contributed by atoms with van der Waals surface area (Å²) in [5, 5.41) is 2.42. The Labute approximate surface area is 128 Å². The molecule has 0 bridgehead atoms. The van der Waals surface area contributed by atoms with Crippen molar-refractivity contribution in [1.29, 1.82) is 0 Å². The Morgan fingerprint density at radius 1 is 1.09 bits per heavy atom. The van der Waals surface area contributed by atoms with Gasteiger partial charge in [0.2, 0.25) is 0 Å². The maximum absolute atomic E-state index is 12.6. The average molecular weight is 330 g/mol. The van der Waals surface area contributed by atoms with Crippen molar-refractivity contribution in [2.45, 2.75) is 6.18 Å². The molecule has 0 fully saturated rings. The van der Waals surface area contributed by atoms with Gasteiger partial charge in [0.25, 0.3) is 11.8 Å². The van der Waals surface area contributed by atoms with Gasteiger partial charge in [-0.25, -0.2) is 0 Å². The number of hydrogen-bond acceptors (Lipinski definition) is 4. The highest BCUT2D eigenvalue weighted by atomic mass is 19.4. The first-order valence-electron chi connectivity index (χ1n) is 6.55. The van der Waals surface area contributed by atoms with Crippen LogP contribution in [0.15, 0.2) is 46.0 Å². The number of halogens is 3.